The molecule has 2 N–H and O–H groups in total. The lowest BCUT2D eigenvalue weighted by atomic mass is 9.79. The Kier molecular flexibility index (Phi) is 5.89. The number of hydrogen-bond acceptors (Lipinski definition) is 3. The lowest BCUT2D eigenvalue weighted by Gasteiger charge is -2.40. The van der Waals surface area contributed by atoms with E-state index < -0.39 is 5.97 Å². The van der Waals surface area contributed by atoms with Gasteiger partial charge in [0.25, 0.3) is 0 Å². The van der Waals surface area contributed by atoms with Gasteiger partial charge in [-0.2, -0.15) is 0 Å². The van der Waals surface area contributed by atoms with E-state index in [1.165, 1.54) is 27.6 Å². The van der Waals surface area contributed by atoms with Crippen molar-refractivity contribution in [2.45, 2.75) is 26.3 Å². The van der Waals surface area contributed by atoms with Crippen LogP contribution >= 0.6 is 0 Å². The number of rotatable bonds is 3. The molecule has 2 aromatic rings. The molecule has 4 rings (SSSR count). The molecule has 0 saturated heterocycles. The van der Waals surface area contributed by atoms with Crippen molar-refractivity contribution < 1.29 is 14.7 Å². The van der Waals surface area contributed by atoms with Gasteiger partial charge in [-0.15, -0.1) is 0 Å². The van der Waals surface area contributed by atoms with Crippen molar-refractivity contribution in [1.29, 1.82) is 0 Å². The molecule has 28 heavy (non-hydrogen) atoms. The molecule has 1 amide bonds. The summed E-state index contributed by atoms with van der Waals surface area (Å²) in [6, 6.07) is 6.82. The monoisotopic (exact) mass is 382 g/mol. The topological polar surface area (TPSA) is 76.6 Å². The minimum Gasteiger partial charge on any atom is -0.481 e. The van der Waals surface area contributed by atoms with Gasteiger partial charge in [-0.25, -0.2) is 0 Å². The first-order valence-electron chi connectivity index (χ1n) is 9.72. The number of H-pyrrole nitrogens is 1. The van der Waals surface area contributed by atoms with Crippen molar-refractivity contribution in [3.8, 4) is 0 Å². The van der Waals surface area contributed by atoms with E-state index in [9.17, 15) is 4.79 Å². The highest BCUT2D eigenvalue weighted by Crippen LogP contribution is 2.40. The maximum absolute atomic E-state index is 12.9. The average molecular weight is 382 g/mol. The number of aliphatic carboxylic acids is 1. The number of hydrogen-bond donors (Lipinski definition) is 2. The maximum atomic E-state index is 12.9. The molecule has 1 aromatic heterocycles. The number of likely N-dealkylation sites (N-methyl/N-ethyl adjacent to an activating group) is 1. The van der Waals surface area contributed by atoms with E-state index in [1.807, 2.05) is 4.90 Å². The fourth-order valence-corrected chi connectivity index (χ4v) is 4.38. The Morgan fingerprint density at radius 1 is 1.32 bits per heavy atom. The smallest absolute Gasteiger partial charge is 0.303 e. The Morgan fingerprint density at radius 3 is 2.64 bits per heavy atom. The third kappa shape index (κ3) is 3.69. The first kappa shape index (κ1) is 20.1. The molecule has 1 aliphatic heterocycles. The molecule has 2 aliphatic rings. The first-order valence-corrected chi connectivity index (χ1v) is 9.72. The van der Waals surface area contributed by atoms with Crippen LogP contribution in [0, 0.1) is 12.8 Å². The van der Waals surface area contributed by atoms with E-state index in [2.05, 4.69) is 68.2 Å². The van der Waals surface area contributed by atoms with E-state index in [1.54, 1.807) is 0 Å². The van der Waals surface area contributed by atoms with Gasteiger partial charge in [0.2, 0.25) is 5.91 Å². The number of amides is 1. The number of carbonyl (C=O) groups is 2. The van der Waals surface area contributed by atoms with Gasteiger partial charge < -0.3 is 15.0 Å². The molecular formula is C22H28N3O3. The first-order chi connectivity index (χ1) is 13.4. The van der Waals surface area contributed by atoms with Gasteiger partial charge >= 0.3 is 5.97 Å². The number of nitrogens with one attached hydrogen (secondary N) is 1. The molecule has 149 valence electrons. The fourth-order valence-electron chi connectivity index (χ4n) is 4.38. The van der Waals surface area contributed by atoms with Gasteiger partial charge in [-0.1, -0.05) is 18.2 Å². The minimum absolute atomic E-state index is 0.0445. The second-order valence-corrected chi connectivity index (χ2v) is 7.33. The number of nitrogens with zero attached hydrogens (tertiary/aromatic N) is 2. The van der Waals surface area contributed by atoms with E-state index >= 15 is 0 Å². The second kappa shape index (κ2) is 8.19. The summed E-state index contributed by atoms with van der Waals surface area (Å²) in [5.74, 6) is -0.873. The summed E-state index contributed by atoms with van der Waals surface area (Å²) in [6.45, 7) is 9.02. The third-order valence-electron chi connectivity index (χ3n) is 5.66. The van der Waals surface area contributed by atoms with Crippen molar-refractivity contribution in [3.05, 3.63) is 48.5 Å². The highest BCUT2D eigenvalue weighted by molar-refractivity contribution is 5.99. The molecule has 6 heteroatoms. The van der Waals surface area contributed by atoms with Crippen LogP contribution in [0.3, 0.4) is 0 Å². The van der Waals surface area contributed by atoms with Crippen LogP contribution in [0.5, 0.6) is 0 Å². The van der Waals surface area contributed by atoms with Gasteiger partial charge in [0.1, 0.15) is 0 Å². The van der Waals surface area contributed by atoms with Crippen LogP contribution < -0.4 is 0 Å². The summed E-state index contributed by atoms with van der Waals surface area (Å²) in [7, 11) is 2.15. The number of carboxylic acids is 1. The number of aromatic amines is 1. The Balaban J connectivity index is 0.000000516. The lowest BCUT2D eigenvalue weighted by molar-refractivity contribution is -0.134. The van der Waals surface area contributed by atoms with Crippen LogP contribution in [0.4, 0.5) is 0 Å². The molecule has 2 atom stereocenters. The molecule has 6 nitrogen and oxygen atoms in total. The molecule has 0 fully saturated rings. The van der Waals surface area contributed by atoms with Gasteiger partial charge in [0, 0.05) is 42.8 Å². The Hall–Kier alpha value is -2.60. The van der Waals surface area contributed by atoms with E-state index in [0.29, 0.717) is 6.04 Å². The van der Waals surface area contributed by atoms with Crippen molar-refractivity contribution in [1.82, 2.24) is 14.8 Å². The Bertz CT molecular complexity index is 907. The Labute approximate surface area is 165 Å². The molecule has 2 heterocycles. The number of carbonyl (C=O) groups excluding carboxylic acids is 1. The third-order valence-corrected chi connectivity index (χ3v) is 5.66. The summed E-state index contributed by atoms with van der Waals surface area (Å²) >= 11 is 0. The zero-order valence-corrected chi connectivity index (χ0v) is 16.7. The van der Waals surface area contributed by atoms with Gasteiger partial charge in [-0.3, -0.25) is 14.5 Å². The normalized spacial score (nSPS) is 20.6. The van der Waals surface area contributed by atoms with Gasteiger partial charge in [0.05, 0.1) is 12.8 Å². The number of aromatic nitrogens is 1. The van der Waals surface area contributed by atoms with E-state index in [4.69, 9.17) is 9.90 Å². The van der Waals surface area contributed by atoms with E-state index in [0.717, 1.165) is 26.1 Å². The molecule has 0 bridgehead atoms. The predicted molar refractivity (Wildman–Crippen MR) is 111 cm³/mol. The van der Waals surface area contributed by atoms with Crippen LogP contribution in [-0.2, 0) is 16.0 Å². The zero-order chi connectivity index (χ0) is 20.4. The molecule has 0 unspecified atom stereocenters. The minimum atomic E-state index is -1.08. The summed E-state index contributed by atoms with van der Waals surface area (Å²) < 4.78 is 0. The Morgan fingerprint density at radius 2 is 2.00 bits per heavy atom. The standard InChI is InChI=1S/C20H25N3O.C2H3O2/c1-4-23(5-2)20(24)14-9-16-15-7-6-8-17-19(15)13(11-21-17)10-18(16)22(3)12-14;1-2(3)4/h6-9,11,14,18,21H,4-5,10,12H2,1-3H3;1H2,(H,3,4)/t14-,18-;/m1./s1. The molecule has 1 aromatic carbocycles. The molecule has 0 spiro atoms. The summed E-state index contributed by atoms with van der Waals surface area (Å²) in [5.41, 5.74) is 5.21. The fraction of sp³-hybridized carbons (Fsp3) is 0.409. The molecule has 0 saturated carbocycles. The summed E-state index contributed by atoms with van der Waals surface area (Å²) in [6.07, 6.45) is 5.41. The van der Waals surface area contributed by atoms with Crippen LogP contribution in [0.15, 0.2) is 30.5 Å². The molecule has 1 radical (unpaired) electrons. The van der Waals surface area contributed by atoms with Crippen molar-refractivity contribution >= 4 is 28.4 Å². The SMILES string of the molecule is CCN(CC)C(=O)[C@@H]1C=C2c3cccc4[nH]cc(c34)C[C@H]2N(C)C1.[CH2]C(=O)O. The zero-order valence-electron chi connectivity index (χ0n) is 16.7. The highest BCUT2D eigenvalue weighted by Gasteiger charge is 2.36. The number of fused-ring (bicyclic) bond motifs is 2. The second-order valence-electron chi connectivity index (χ2n) is 7.33. The highest BCUT2D eigenvalue weighted by atomic mass is 16.4. The number of carboxylic acid groups (broad SMARTS) is 1. The van der Waals surface area contributed by atoms with Crippen LogP contribution in [-0.4, -0.2) is 64.5 Å². The largest absolute Gasteiger partial charge is 0.481 e. The lowest BCUT2D eigenvalue weighted by Crippen LogP contribution is -2.47. The van der Waals surface area contributed by atoms with Crippen molar-refractivity contribution in [2.24, 2.45) is 5.92 Å². The average Bonchev–Trinajstić information content (AvgIpc) is 3.07. The molecular weight excluding hydrogens is 354 g/mol. The van der Waals surface area contributed by atoms with Crippen LogP contribution in [0.1, 0.15) is 25.0 Å². The summed E-state index contributed by atoms with van der Waals surface area (Å²) in [5, 5.41) is 8.64. The van der Waals surface area contributed by atoms with E-state index in [-0.39, 0.29) is 11.8 Å². The van der Waals surface area contributed by atoms with Crippen LogP contribution in [0.2, 0.25) is 0 Å². The van der Waals surface area contributed by atoms with Crippen LogP contribution in [0.25, 0.3) is 16.5 Å². The van der Waals surface area contributed by atoms with Crippen molar-refractivity contribution in [3.63, 3.8) is 0 Å². The van der Waals surface area contributed by atoms with Gasteiger partial charge in [-0.05, 0) is 50.1 Å². The molecule has 1 aliphatic carbocycles. The predicted octanol–water partition coefficient (Wildman–Crippen LogP) is 2.81. The van der Waals surface area contributed by atoms with Crippen molar-refractivity contribution in [2.75, 3.05) is 26.7 Å². The maximum Gasteiger partial charge on any atom is 0.303 e. The summed E-state index contributed by atoms with van der Waals surface area (Å²) in [4.78, 5) is 29.5. The van der Waals surface area contributed by atoms with Gasteiger partial charge in [0.15, 0.2) is 0 Å². The quantitative estimate of drug-likeness (QED) is 0.856. The number of benzene rings is 1.